The predicted octanol–water partition coefficient (Wildman–Crippen LogP) is 7.22. The van der Waals surface area contributed by atoms with Crippen LogP contribution in [0.1, 0.15) is 53.6 Å². The van der Waals surface area contributed by atoms with Crippen molar-refractivity contribution in [2.24, 2.45) is 5.92 Å². The van der Waals surface area contributed by atoms with Crippen LogP contribution < -0.4 is 0 Å². The molecule has 2 aliphatic carbocycles. The molecular formula is C31H28O5. The van der Waals surface area contributed by atoms with Gasteiger partial charge in [-0.25, -0.2) is 4.79 Å². The van der Waals surface area contributed by atoms with Gasteiger partial charge in [0, 0.05) is 17.0 Å². The summed E-state index contributed by atoms with van der Waals surface area (Å²) in [5, 5.41) is 0. The highest BCUT2D eigenvalue weighted by Gasteiger charge is 2.44. The molecule has 1 aromatic carbocycles. The molecule has 36 heavy (non-hydrogen) atoms. The van der Waals surface area contributed by atoms with E-state index < -0.39 is 0 Å². The Balaban J connectivity index is 1.48. The molecule has 0 amide bonds. The van der Waals surface area contributed by atoms with E-state index in [2.05, 4.69) is 12.7 Å². The molecule has 3 aromatic rings. The number of furan rings is 2. The van der Waals surface area contributed by atoms with Crippen LogP contribution >= 0.6 is 0 Å². The molecule has 0 spiro atoms. The van der Waals surface area contributed by atoms with Crippen LogP contribution in [0.15, 0.2) is 98.1 Å². The van der Waals surface area contributed by atoms with Crippen LogP contribution in [0.4, 0.5) is 0 Å². The topological polar surface area (TPSA) is 69.7 Å². The average molecular weight is 481 g/mol. The summed E-state index contributed by atoms with van der Waals surface area (Å²) in [5.41, 5.74) is 7.29. The Bertz CT molecular complexity index is 1440. The molecule has 0 radical (unpaired) electrons. The summed E-state index contributed by atoms with van der Waals surface area (Å²) >= 11 is 0. The van der Waals surface area contributed by atoms with Crippen molar-refractivity contribution in [2.75, 3.05) is 6.61 Å². The molecule has 1 fully saturated rings. The van der Waals surface area contributed by atoms with Crippen molar-refractivity contribution < 1.29 is 23.2 Å². The van der Waals surface area contributed by atoms with Gasteiger partial charge in [-0.15, -0.1) is 0 Å². The molecule has 5 nitrogen and oxygen atoms in total. The third kappa shape index (κ3) is 4.11. The number of fused-ring (bicyclic) bond motifs is 1. The first kappa shape index (κ1) is 23.6. The van der Waals surface area contributed by atoms with Crippen LogP contribution in [0.3, 0.4) is 0 Å². The molecular weight excluding hydrogens is 452 g/mol. The number of carbonyl (C=O) groups excluding carboxylic acids is 2. The first-order valence-corrected chi connectivity index (χ1v) is 12.1. The summed E-state index contributed by atoms with van der Waals surface area (Å²) < 4.78 is 17.4. The Morgan fingerprint density at radius 3 is 2.69 bits per heavy atom. The SMILES string of the molecule is C=C1C(=Cc2ccc(-c3ccc(C=O)cc3C)o2)CC2=CC(C)=C(C(=O)OCC)C(c3ccco3)C12. The van der Waals surface area contributed by atoms with E-state index in [-0.39, 0.29) is 17.8 Å². The lowest BCUT2D eigenvalue weighted by Crippen LogP contribution is -2.25. The molecule has 0 aliphatic heterocycles. The van der Waals surface area contributed by atoms with Crippen LogP contribution in [0.25, 0.3) is 17.4 Å². The fourth-order valence-electron chi connectivity index (χ4n) is 5.39. The Morgan fingerprint density at radius 2 is 2.00 bits per heavy atom. The van der Waals surface area contributed by atoms with Gasteiger partial charge in [0.15, 0.2) is 0 Å². The van der Waals surface area contributed by atoms with Gasteiger partial charge < -0.3 is 13.6 Å². The molecule has 2 unspecified atom stereocenters. The monoisotopic (exact) mass is 480 g/mol. The quantitative estimate of drug-likeness (QED) is 0.275. The number of aryl methyl sites for hydroxylation is 1. The van der Waals surface area contributed by atoms with Gasteiger partial charge in [0.1, 0.15) is 23.6 Å². The van der Waals surface area contributed by atoms with Crippen molar-refractivity contribution in [3.8, 4) is 11.3 Å². The zero-order chi connectivity index (χ0) is 25.4. The van der Waals surface area contributed by atoms with Crippen molar-refractivity contribution in [1.82, 2.24) is 0 Å². The first-order chi connectivity index (χ1) is 17.4. The Hall–Kier alpha value is -4.12. The molecule has 2 heterocycles. The maximum absolute atomic E-state index is 13.0. The van der Waals surface area contributed by atoms with E-state index in [1.54, 1.807) is 12.3 Å². The van der Waals surface area contributed by atoms with Gasteiger partial charge in [0.05, 0.1) is 24.4 Å². The predicted molar refractivity (Wildman–Crippen MR) is 138 cm³/mol. The third-order valence-corrected chi connectivity index (χ3v) is 6.99. The number of benzene rings is 1. The molecule has 2 aliphatic rings. The van der Waals surface area contributed by atoms with E-state index >= 15 is 0 Å². The molecule has 0 saturated heterocycles. The highest BCUT2D eigenvalue weighted by Crippen LogP contribution is 2.53. The van der Waals surface area contributed by atoms with Crippen molar-refractivity contribution >= 4 is 18.3 Å². The van der Waals surface area contributed by atoms with Gasteiger partial charge in [-0.1, -0.05) is 30.4 Å². The minimum atomic E-state index is -0.316. The average Bonchev–Trinajstić information content (AvgIpc) is 3.60. The maximum Gasteiger partial charge on any atom is 0.335 e. The Morgan fingerprint density at radius 1 is 1.17 bits per heavy atom. The van der Waals surface area contributed by atoms with Gasteiger partial charge in [0.25, 0.3) is 0 Å². The molecule has 1 saturated carbocycles. The molecule has 0 bridgehead atoms. The standard InChI is InChI=1S/C31H28O5/c1-5-34-31(33)28-19(3)14-23-15-22(20(4)29(23)30(28)27-7-6-12-35-27)16-24-9-11-26(36-24)25-10-8-21(17-32)13-18(25)2/h6-14,16-17,29-30H,4-5,15H2,1-3H3. The van der Waals surface area contributed by atoms with Crippen LogP contribution in [0.5, 0.6) is 0 Å². The van der Waals surface area contributed by atoms with Crippen molar-refractivity contribution in [3.63, 3.8) is 0 Å². The second-order valence-electron chi connectivity index (χ2n) is 9.27. The van der Waals surface area contributed by atoms with E-state index in [4.69, 9.17) is 13.6 Å². The van der Waals surface area contributed by atoms with Crippen molar-refractivity contribution in [3.05, 3.63) is 112 Å². The summed E-state index contributed by atoms with van der Waals surface area (Å²) in [7, 11) is 0. The normalized spacial score (nSPS) is 20.5. The van der Waals surface area contributed by atoms with Crippen LogP contribution in [0.2, 0.25) is 0 Å². The Kier molecular flexibility index (Phi) is 6.23. The summed E-state index contributed by atoms with van der Waals surface area (Å²) in [5.74, 6) is 1.51. The number of allylic oxidation sites excluding steroid dienone is 5. The van der Waals surface area contributed by atoms with Crippen LogP contribution in [-0.4, -0.2) is 18.9 Å². The van der Waals surface area contributed by atoms with Crippen molar-refractivity contribution in [1.29, 1.82) is 0 Å². The van der Waals surface area contributed by atoms with Crippen molar-refractivity contribution in [2.45, 2.75) is 33.1 Å². The number of esters is 1. The van der Waals surface area contributed by atoms with E-state index in [1.165, 1.54) is 5.57 Å². The first-order valence-electron chi connectivity index (χ1n) is 12.1. The number of carbonyl (C=O) groups is 2. The number of ether oxygens (including phenoxy) is 1. The van der Waals surface area contributed by atoms with E-state index in [0.717, 1.165) is 57.8 Å². The zero-order valence-corrected chi connectivity index (χ0v) is 20.7. The molecule has 2 aromatic heterocycles. The van der Waals surface area contributed by atoms with Crippen LogP contribution in [0, 0.1) is 12.8 Å². The fourth-order valence-corrected chi connectivity index (χ4v) is 5.39. The van der Waals surface area contributed by atoms with E-state index in [9.17, 15) is 9.59 Å². The second kappa shape index (κ2) is 9.50. The fraction of sp³-hybridized carbons (Fsp3) is 0.226. The maximum atomic E-state index is 13.0. The largest absolute Gasteiger partial charge is 0.469 e. The summed E-state index contributed by atoms with van der Waals surface area (Å²) in [4.78, 5) is 24.0. The van der Waals surface area contributed by atoms with Gasteiger partial charge in [-0.3, -0.25) is 4.79 Å². The zero-order valence-electron chi connectivity index (χ0n) is 20.7. The molecule has 182 valence electrons. The van der Waals surface area contributed by atoms with E-state index in [1.807, 2.05) is 63.2 Å². The van der Waals surface area contributed by atoms with Gasteiger partial charge in [0.2, 0.25) is 0 Å². The Labute approximate surface area is 210 Å². The molecule has 2 atom stereocenters. The lowest BCUT2D eigenvalue weighted by Gasteiger charge is -2.30. The molecule has 5 heteroatoms. The van der Waals surface area contributed by atoms with Gasteiger partial charge in [-0.05, 0) is 85.9 Å². The summed E-state index contributed by atoms with van der Waals surface area (Å²) in [6.45, 7) is 10.5. The van der Waals surface area contributed by atoms with Gasteiger partial charge >= 0.3 is 5.97 Å². The smallest absolute Gasteiger partial charge is 0.335 e. The summed E-state index contributed by atoms with van der Waals surface area (Å²) in [6.07, 6.45) is 7.31. The number of rotatable bonds is 6. The number of aldehydes is 1. The highest BCUT2D eigenvalue weighted by molar-refractivity contribution is 5.93. The molecule has 5 rings (SSSR count). The third-order valence-electron chi connectivity index (χ3n) is 6.99. The minimum absolute atomic E-state index is 0.0851. The van der Waals surface area contributed by atoms with Gasteiger partial charge in [-0.2, -0.15) is 0 Å². The lowest BCUT2D eigenvalue weighted by molar-refractivity contribution is -0.139. The minimum Gasteiger partial charge on any atom is -0.469 e. The highest BCUT2D eigenvalue weighted by atomic mass is 16.5. The molecule has 0 N–H and O–H groups in total. The second-order valence-corrected chi connectivity index (χ2v) is 9.27. The summed E-state index contributed by atoms with van der Waals surface area (Å²) in [6, 6.07) is 13.2. The number of hydrogen-bond donors (Lipinski definition) is 0. The number of hydrogen-bond acceptors (Lipinski definition) is 5. The van der Waals surface area contributed by atoms with Crippen LogP contribution in [-0.2, 0) is 9.53 Å². The van der Waals surface area contributed by atoms with E-state index in [0.29, 0.717) is 17.7 Å². The lowest BCUT2D eigenvalue weighted by atomic mass is 9.73.